The van der Waals surface area contributed by atoms with Crippen LogP contribution in [0.5, 0.6) is 0 Å². The van der Waals surface area contributed by atoms with Gasteiger partial charge in [-0.3, -0.25) is 0 Å². The first-order valence-corrected chi connectivity index (χ1v) is 5.46. The molecule has 1 saturated carbocycles. The van der Waals surface area contributed by atoms with E-state index in [4.69, 9.17) is 4.74 Å². The zero-order chi connectivity index (χ0) is 9.03. The highest BCUT2D eigenvalue weighted by Gasteiger charge is 2.43. The van der Waals surface area contributed by atoms with Gasteiger partial charge in [0.1, 0.15) is 0 Å². The summed E-state index contributed by atoms with van der Waals surface area (Å²) >= 11 is 0. The molecule has 1 aliphatic carbocycles. The molecule has 0 amide bonds. The minimum absolute atomic E-state index is 0.597. The lowest BCUT2D eigenvalue weighted by molar-refractivity contribution is 0.0678. The Kier molecular flexibility index (Phi) is 3.57. The molecule has 12 heavy (non-hydrogen) atoms. The van der Waals surface area contributed by atoms with Gasteiger partial charge < -0.3 is 4.74 Å². The highest BCUT2D eigenvalue weighted by atomic mass is 16.5. The summed E-state index contributed by atoms with van der Waals surface area (Å²) in [6.45, 7) is 7.29. The van der Waals surface area contributed by atoms with Crippen molar-refractivity contribution in [2.45, 2.75) is 59.0 Å². The molecule has 1 aliphatic heterocycles. The number of hydrogen-bond donors (Lipinski definition) is 0. The van der Waals surface area contributed by atoms with E-state index in [0.717, 1.165) is 6.61 Å². The van der Waals surface area contributed by atoms with E-state index in [9.17, 15) is 0 Å². The van der Waals surface area contributed by atoms with Crippen molar-refractivity contribution in [2.75, 3.05) is 6.61 Å². The molecule has 2 rings (SSSR count). The highest BCUT2D eigenvalue weighted by molar-refractivity contribution is 4.93. The van der Waals surface area contributed by atoms with E-state index in [1.807, 2.05) is 13.8 Å². The van der Waals surface area contributed by atoms with Gasteiger partial charge in [0.05, 0.1) is 12.7 Å². The van der Waals surface area contributed by atoms with Crippen molar-refractivity contribution in [2.24, 2.45) is 5.41 Å². The van der Waals surface area contributed by atoms with Crippen molar-refractivity contribution in [3.8, 4) is 0 Å². The molecule has 1 unspecified atom stereocenters. The second-order valence-corrected chi connectivity index (χ2v) is 3.90. The third-order valence-electron chi connectivity index (χ3n) is 3.16. The Hall–Kier alpha value is -0.0400. The number of hydrogen-bond acceptors (Lipinski definition) is 1. The van der Waals surface area contributed by atoms with Crippen LogP contribution in [0.4, 0.5) is 0 Å². The second kappa shape index (κ2) is 4.27. The Morgan fingerprint density at radius 1 is 1.33 bits per heavy atom. The first-order chi connectivity index (χ1) is 5.85. The third-order valence-corrected chi connectivity index (χ3v) is 3.16. The molecule has 2 aliphatic rings. The largest absolute Gasteiger partial charge is 0.378 e. The Morgan fingerprint density at radius 2 is 2.00 bits per heavy atom. The van der Waals surface area contributed by atoms with Gasteiger partial charge in [-0.15, -0.1) is 0 Å². The molecule has 1 saturated heterocycles. The van der Waals surface area contributed by atoms with Gasteiger partial charge in [-0.05, 0) is 31.1 Å². The molecule has 72 valence electrons. The maximum atomic E-state index is 5.66. The van der Waals surface area contributed by atoms with Gasteiger partial charge >= 0.3 is 0 Å². The predicted octanol–water partition coefficient (Wildman–Crippen LogP) is 3.38. The molecule has 1 spiro atoms. The van der Waals surface area contributed by atoms with Crippen molar-refractivity contribution in [3.63, 3.8) is 0 Å². The highest BCUT2D eigenvalue weighted by Crippen LogP contribution is 2.49. The Balaban J connectivity index is 0.000000336. The normalized spacial score (nSPS) is 30.8. The standard InChI is InChI=1S/C9H16O.C2H6/c1-2-8-6-9(7-10-8)4-3-5-9;1-2/h8H,2-7H2,1H3;1-2H3. The van der Waals surface area contributed by atoms with Crippen LogP contribution in [-0.4, -0.2) is 12.7 Å². The van der Waals surface area contributed by atoms with Gasteiger partial charge in [0.2, 0.25) is 0 Å². The maximum Gasteiger partial charge on any atom is 0.0579 e. The van der Waals surface area contributed by atoms with Crippen LogP contribution in [0, 0.1) is 5.41 Å². The molecule has 1 nitrogen and oxygen atoms in total. The van der Waals surface area contributed by atoms with Crippen molar-refractivity contribution < 1.29 is 4.74 Å². The zero-order valence-electron chi connectivity index (χ0n) is 8.73. The molecular weight excluding hydrogens is 148 g/mol. The summed E-state index contributed by atoms with van der Waals surface area (Å²) in [4.78, 5) is 0. The SMILES string of the molecule is CC.CCC1CC2(CCC2)CO1. The molecule has 0 aromatic heterocycles. The topological polar surface area (TPSA) is 9.23 Å². The van der Waals surface area contributed by atoms with Crippen molar-refractivity contribution >= 4 is 0 Å². The van der Waals surface area contributed by atoms with Crippen LogP contribution in [0.15, 0.2) is 0 Å². The smallest absolute Gasteiger partial charge is 0.0579 e. The van der Waals surface area contributed by atoms with E-state index in [0.29, 0.717) is 11.5 Å². The number of ether oxygens (including phenoxy) is 1. The molecule has 0 aromatic rings. The Bertz CT molecular complexity index is 127. The molecule has 0 bridgehead atoms. The van der Waals surface area contributed by atoms with Crippen LogP contribution < -0.4 is 0 Å². The van der Waals surface area contributed by atoms with Gasteiger partial charge in [0.15, 0.2) is 0 Å². The third kappa shape index (κ3) is 1.82. The summed E-state index contributed by atoms with van der Waals surface area (Å²) in [5.74, 6) is 0. The monoisotopic (exact) mass is 170 g/mol. The van der Waals surface area contributed by atoms with E-state index in [-0.39, 0.29) is 0 Å². The van der Waals surface area contributed by atoms with Crippen LogP contribution >= 0.6 is 0 Å². The summed E-state index contributed by atoms with van der Waals surface area (Å²) in [6, 6.07) is 0. The molecule has 0 radical (unpaired) electrons. The van der Waals surface area contributed by atoms with Gasteiger partial charge in [0.25, 0.3) is 0 Å². The molecule has 1 heterocycles. The summed E-state index contributed by atoms with van der Waals surface area (Å²) in [7, 11) is 0. The molecule has 2 fully saturated rings. The molecular formula is C11H22O. The minimum Gasteiger partial charge on any atom is -0.378 e. The van der Waals surface area contributed by atoms with E-state index >= 15 is 0 Å². The van der Waals surface area contributed by atoms with Gasteiger partial charge in [-0.25, -0.2) is 0 Å². The summed E-state index contributed by atoms with van der Waals surface area (Å²) in [5, 5.41) is 0. The van der Waals surface area contributed by atoms with Crippen LogP contribution in [0.2, 0.25) is 0 Å². The Labute approximate surface area is 76.5 Å². The fraction of sp³-hybridized carbons (Fsp3) is 1.00. The van der Waals surface area contributed by atoms with E-state index in [1.165, 1.54) is 32.1 Å². The second-order valence-electron chi connectivity index (χ2n) is 3.90. The van der Waals surface area contributed by atoms with Gasteiger partial charge in [-0.2, -0.15) is 0 Å². The van der Waals surface area contributed by atoms with Crippen molar-refractivity contribution in [1.29, 1.82) is 0 Å². The first-order valence-electron chi connectivity index (χ1n) is 5.46. The summed E-state index contributed by atoms with van der Waals surface area (Å²) < 4.78 is 5.66. The predicted molar refractivity (Wildman–Crippen MR) is 52.3 cm³/mol. The maximum absolute atomic E-state index is 5.66. The fourth-order valence-corrected chi connectivity index (χ4v) is 2.18. The summed E-state index contributed by atoms with van der Waals surface area (Å²) in [5.41, 5.74) is 0.667. The lowest BCUT2D eigenvalue weighted by atomic mass is 9.67. The molecule has 0 aromatic carbocycles. The fourth-order valence-electron chi connectivity index (χ4n) is 2.18. The summed E-state index contributed by atoms with van der Waals surface area (Å²) in [6.07, 6.45) is 7.47. The van der Waals surface area contributed by atoms with E-state index in [2.05, 4.69) is 6.92 Å². The van der Waals surface area contributed by atoms with Crippen LogP contribution in [0.1, 0.15) is 52.9 Å². The van der Waals surface area contributed by atoms with E-state index in [1.54, 1.807) is 0 Å². The molecule has 1 atom stereocenters. The average molecular weight is 170 g/mol. The number of rotatable bonds is 1. The minimum atomic E-state index is 0.597. The average Bonchev–Trinajstić information content (AvgIpc) is 2.51. The Morgan fingerprint density at radius 3 is 2.25 bits per heavy atom. The van der Waals surface area contributed by atoms with E-state index < -0.39 is 0 Å². The lowest BCUT2D eigenvalue weighted by Gasteiger charge is -2.36. The zero-order valence-corrected chi connectivity index (χ0v) is 8.73. The van der Waals surface area contributed by atoms with Crippen LogP contribution in [-0.2, 0) is 4.74 Å². The quantitative estimate of drug-likeness (QED) is 0.586. The lowest BCUT2D eigenvalue weighted by Crippen LogP contribution is -2.29. The molecule has 0 N–H and O–H groups in total. The van der Waals surface area contributed by atoms with Gasteiger partial charge in [0, 0.05) is 0 Å². The van der Waals surface area contributed by atoms with Crippen LogP contribution in [0.3, 0.4) is 0 Å². The van der Waals surface area contributed by atoms with Crippen molar-refractivity contribution in [1.82, 2.24) is 0 Å². The molecule has 1 heteroatoms. The first kappa shape index (κ1) is 10.0. The van der Waals surface area contributed by atoms with Crippen molar-refractivity contribution in [3.05, 3.63) is 0 Å². The van der Waals surface area contributed by atoms with Crippen LogP contribution in [0.25, 0.3) is 0 Å². The van der Waals surface area contributed by atoms with Gasteiger partial charge in [-0.1, -0.05) is 27.2 Å².